The highest BCUT2D eigenvalue weighted by Crippen LogP contribution is 2.19. The Morgan fingerprint density at radius 3 is 2.35 bits per heavy atom. The summed E-state index contributed by atoms with van der Waals surface area (Å²) in [6.07, 6.45) is 1.15. The number of hydrogen-bond donors (Lipinski definition) is 1. The first-order chi connectivity index (χ1) is 11.2. The molecule has 0 amide bonds. The van der Waals surface area contributed by atoms with Crippen molar-refractivity contribution in [3.8, 4) is 11.8 Å². The molecule has 2 heteroatoms. The lowest BCUT2D eigenvalue weighted by atomic mass is 10.1. The van der Waals surface area contributed by atoms with E-state index >= 15 is 0 Å². The van der Waals surface area contributed by atoms with Gasteiger partial charge in [0.25, 0.3) is 0 Å². The summed E-state index contributed by atoms with van der Waals surface area (Å²) in [5, 5.41) is 12.2. The van der Waals surface area contributed by atoms with Gasteiger partial charge in [0.15, 0.2) is 0 Å². The van der Waals surface area contributed by atoms with Crippen LogP contribution in [0.4, 0.5) is 0 Å². The third kappa shape index (κ3) is 3.66. The maximum absolute atomic E-state index is 11.9. The van der Waals surface area contributed by atoms with E-state index in [1.165, 1.54) is 0 Å². The molecular weight excluding hydrogens is 284 g/mol. The number of aliphatic hydroxyl groups excluding tert-OH is 1. The fraction of sp³-hybridized carbons (Fsp3) is 0. The van der Waals surface area contributed by atoms with Crippen molar-refractivity contribution in [3.63, 3.8) is 0 Å². The molecule has 0 aliphatic heterocycles. The third-order valence-electron chi connectivity index (χ3n) is 3.42. The second-order valence-corrected chi connectivity index (χ2v) is 5.07. The van der Waals surface area contributed by atoms with Crippen LogP contribution in [0.2, 0.25) is 0 Å². The highest BCUT2D eigenvalue weighted by Gasteiger charge is 2.03. The zero-order chi connectivity index (χ0) is 16.1. The van der Waals surface area contributed by atoms with Crippen molar-refractivity contribution in [3.05, 3.63) is 90.0 Å². The number of ketones is 1. The van der Waals surface area contributed by atoms with Crippen LogP contribution in [0.3, 0.4) is 0 Å². The highest BCUT2D eigenvalue weighted by molar-refractivity contribution is 6.08. The number of carbonyl (C=O) groups excluding carboxylic acids is 1. The van der Waals surface area contributed by atoms with Crippen LogP contribution in [-0.4, -0.2) is 10.9 Å². The van der Waals surface area contributed by atoms with Gasteiger partial charge in [-0.15, -0.1) is 0 Å². The molecule has 0 radical (unpaired) electrons. The molecule has 0 fully saturated rings. The first-order valence-corrected chi connectivity index (χ1v) is 7.23. The summed E-state index contributed by atoms with van der Waals surface area (Å²) in [5.74, 6) is 4.78. The Hall–Kier alpha value is -3.31. The second-order valence-electron chi connectivity index (χ2n) is 5.07. The molecule has 2 nitrogen and oxygen atoms in total. The molecule has 0 heterocycles. The minimum absolute atomic E-state index is 0.0804. The predicted octanol–water partition coefficient (Wildman–Crippen LogP) is 4.36. The Labute approximate surface area is 134 Å². The van der Waals surface area contributed by atoms with E-state index in [2.05, 4.69) is 11.8 Å². The van der Waals surface area contributed by atoms with E-state index in [0.29, 0.717) is 5.56 Å². The fourth-order valence-electron chi connectivity index (χ4n) is 2.25. The number of aliphatic hydroxyl groups is 1. The van der Waals surface area contributed by atoms with Crippen LogP contribution in [0.1, 0.15) is 11.1 Å². The first kappa shape index (κ1) is 14.6. The van der Waals surface area contributed by atoms with Crippen molar-refractivity contribution in [2.45, 2.75) is 0 Å². The van der Waals surface area contributed by atoms with Crippen molar-refractivity contribution in [1.82, 2.24) is 0 Å². The molecular formula is C21H14O2. The van der Waals surface area contributed by atoms with Gasteiger partial charge in [-0.1, -0.05) is 60.5 Å². The minimum Gasteiger partial charge on any atom is -0.507 e. The molecule has 3 rings (SSSR count). The van der Waals surface area contributed by atoms with E-state index in [1.807, 2.05) is 66.7 Å². The van der Waals surface area contributed by atoms with Crippen molar-refractivity contribution in [2.24, 2.45) is 0 Å². The van der Waals surface area contributed by atoms with Gasteiger partial charge in [-0.2, -0.15) is 0 Å². The van der Waals surface area contributed by atoms with Gasteiger partial charge in [0.05, 0.1) is 0 Å². The van der Waals surface area contributed by atoms with Gasteiger partial charge >= 0.3 is 0 Å². The quantitative estimate of drug-likeness (QED) is 0.433. The highest BCUT2D eigenvalue weighted by atomic mass is 16.3. The molecule has 3 aromatic rings. The van der Waals surface area contributed by atoms with E-state index in [-0.39, 0.29) is 5.76 Å². The van der Waals surface area contributed by atoms with E-state index in [1.54, 1.807) is 6.07 Å². The summed E-state index contributed by atoms with van der Waals surface area (Å²) >= 11 is 0. The van der Waals surface area contributed by atoms with Crippen molar-refractivity contribution < 1.29 is 9.90 Å². The molecule has 110 valence electrons. The van der Waals surface area contributed by atoms with Crippen molar-refractivity contribution >= 4 is 22.3 Å². The fourth-order valence-corrected chi connectivity index (χ4v) is 2.25. The van der Waals surface area contributed by atoms with Crippen LogP contribution in [0.25, 0.3) is 16.5 Å². The van der Waals surface area contributed by atoms with Crippen LogP contribution in [0.15, 0.2) is 78.9 Å². The summed E-state index contributed by atoms with van der Waals surface area (Å²) in [6.45, 7) is 0. The number of fused-ring (bicyclic) bond motifs is 1. The SMILES string of the molecule is O=C(C#Cc1ccccc1)/C=C(\O)c1ccc2ccccc2c1. The van der Waals surface area contributed by atoms with E-state index < -0.39 is 5.78 Å². The summed E-state index contributed by atoms with van der Waals surface area (Å²) < 4.78 is 0. The van der Waals surface area contributed by atoms with Gasteiger partial charge < -0.3 is 5.11 Å². The molecule has 0 unspecified atom stereocenters. The van der Waals surface area contributed by atoms with Gasteiger partial charge in [0, 0.05) is 17.2 Å². The molecule has 0 aromatic heterocycles. The zero-order valence-corrected chi connectivity index (χ0v) is 12.4. The molecule has 0 aliphatic rings. The van der Waals surface area contributed by atoms with Gasteiger partial charge in [0.1, 0.15) is 5.76 Å². The minimum atomic E-state index is -0.431. The van der Waals surface area contributed by atoms with Crippen LogP contribution >= 0.6 is 0 Å². The number of benzene rings is 3. The third-order valence-corrected chi connectivity index (χ3v) is 3.42. The Balaban J connectivity index is 1.83. The van der Waals surface area contributed by atoms with Crippen LogP contribution in [0.5, 0.6) is 0 Å². The number of allylic oxidation sites excluding steroid dienone is 1. The molecule has 0 aliphatic carbocycles. The summed E-state index contributed by atoms with van der Waals surface area (Å²) in [7, 11) is 0. The summed E-state index contributed by atoms with van der Waals surface area (Å²) in [6, 6.07) is 22.6. The monoisotopic (exact) mass is 298 g/mol. The van der Waals surface area contributed by atoms with Crippen molar-refractivity contribution in [2.75, 3.05) is 0 Å². The molecule has 0 saturated carbocycles. The average Bonchev–Trinajstić information content (AvgIpc) is 2.60. The molecule has 0 spiro atoms. The number of rotatable bonds is 2. The lowest BCUT2D eigenvalue weighted by Gasteiger charge is -2.02. The summed E-state index contributed by atoms with van der Waals surface area (Å²) in [5.41, 5.74) is 1.36. The lowest BCUT2D eigenvalue weighted by Crippen LogP contribution is -1.91. The largest absolute Gasteiger partial charge is 0.507 e. The standard InChI is InChI=1S/C21H14O2/c22-20(13-10-16-6-2-1-3-7-16)15-21(23)19-12-11-17-8-4-5-9-18(17)14-19/h1-9,11-12,14-15,23H/b21-15-. The predicted molar refractivity (Wildman–Crippen MR) is 92.9 cm³/mol. The molecule has 1 N–H and O–H groups in total. The molecule has 23 heavy (non-hydrogen) atoms. The van der Waals surface area contributed by atoms with Crippen LogP contribution in [0, 0.1) is 11.8 Å². The Morgan fingerprint density at radius 1 is 0.870 bits per heavy atom. The van der Waals surface area contributed by atoms with Gasteiger partial charge in [-0.25, -0.2) is 0 Å². The van der Waals surface area contributed by atoms with Crippen LogP contribution in [-0.2, 0) is 4.79 Å². The lowest BCUT2D eigenvalue weighted by molar-refractivity contribution is -0.109. The van der Waals surface area contributed by atoms with Crippen LogP contribution < -0.4 is 0 Å². The van der Waals surface area contributed by atoms with E-state index in [9.17, 15) is 9.90 Å². The normalized spacial score (nSPS) is 10.9. The van der Waals surface area contributed by atoms with Gasteiger partial charge in [-0.3, -0.25) is 4.79 Å². The molecule has 0 saturated heterocycles. The maximum Gasteiger partial charge on any atom is 0.232 e. The Kier molecular flexibility index (Phi) is 4.22. The molecule has 0 bridgehead atoms. The Bertz CT molecular complexity index is 941. The van der Waals surface area contributed by atoms with Crippen molar-refractivity contribution in [1.29, 1.82) is 0 Å². The van der Waals surface area contributed by atoms with E-state index in [4.69, 9.17) is 0 Å². The van der Waals surface area contributed by atoms with Gasteiger partial charge in [-0.05, 0) is 34.9 Å². The number of carbonyl (C=O) groups is 1. The summed E-state index contributed by atoms with van der Waals surface area (Å²) in [4.78, 5) is 11.9. The zero-order valence-electron chi connectivity index (χ0n) is 12.4. The second kappa shape index (κ2) is 6.64. The smallest absolute Gasteiger partial charge is 0.232 e. The molecule has 3 aromatic carbocycles. The number of hydrogen-bond acceptors (Lipinski definition) is 2. The molecule has 0 atom stereocenters. The first-order valence-electron chi connectivity index (χ1n) is 7.23. The van der Waals surface area contributed by atoms with E-state index in [0.717, 1.165) is 22.4 Å². The average molecular weight is 298 g/mol. The topological polar surface area (TPSA) is 37.3 Å². The van der Waals surface area contributed by atoms with Gasteiger partial charge in [0.2, 0.25) is 5.78 Å². The maximum atomic E-state index is 11.9. The Morgan fingerprint density at radius 2 is 1.57 bits per heavy atom.